The average Bonchev–Trinajstić information content (AvgIpc) is 2.98. The second-order valence-electron chi connectivity index (χ2n) is 4.32. The average molecular weight is 334 g/mol. The first kappa shape index (κ1) is 14.6. The minimum absolute atomic E-state index is 0.129. The smallest absolute Gasteiger partial charge is 0.148 e. The van der Waals surface area contributed by atoms with E-state index in [0.29, 0.717) is 6.54 Å². The second-order valence-corrected chi connectivity index (χ2v) is 5.24. The zero-order valence-corrected chi connectivity index (χ0v) is 12.8. The maximum Gasteiger partial charge on any atom is 0.148 e. The van der Waals surface area contributed by atoms with Crippen molar-refractivity contribution >= 4 is 15.9 Å². The molecule has 0 aliphatic heterocycles. The van der Waals surface area contributed by atoms with E-state index in [1.165, 1.54) is 0 Å². The third kappa shape index (κ3) is 3.86. The normalized spacial score (nSPS) is 11.8. The predicted molar refractivity (Wildman–Crippen MR) is 82.3 cm³/mol. The lowest BCUT2D eigenvalue weighted by atomic mass is 10.2. The van der Waals surface area contributed by atoms with Gasteiger partial charge in [-0.05, 0) is 25.1 Å². The van der Waals surface area contributed by atoms with Gasteiger partial charge in [-0.3, -0.25) is 0 Å². The number of imidazole rings is 1. The summed E-state index contributed by atoms with van der Waals surface area (Å²) in [4.78, 5) is 7.33. The van der Waals surface area contributed by atoms with Crippen LogP contribution in [0.3, 0.4) is 0 Å². The van der Waals surface area contributed by atoms with E-state index in [1.807, 2.05) is 24.4 Å². The molecule has 0 saturated carbocycles. The van der Waals surface area contributed by atoms with E-state index in [-0.39, 0.29) is 12.6 Å². The number of aromatic nitrogens is 2. The fraction of sp³-hybridized carbons (Fsp3) is 0.267. The topological polar surface area (TPSA) is 49.9 Å². The van der Waals surface area contributed by atoms with Crippen molar-refractivity contribution in [3.63, 3.8) is 0 Å². The molecular formula is C15H16BrN3O. The number of benzene rings is 1. The molecule has 1 aromatic carbocycles. The van der Waals surface area contributed by atoms with Gasteiger partial charge in [-0.25, -0.2) is 4.98 Å². The number of H-pyrrole nitrogens is 1. The molecule has 0 saturated heterocycles. The summed E-state index contributed by atoms with van der Waals surface area (Å²) in [5.41, 5.74) is 1.05. The monoisotopic (exact) mass is 333 g/mol. The van der Waals surface area contributed by atoms with Crippen molar-refractivity contribution in [2.24, 2.45) is 0 Å². The van der Waals surface area contributed by atoms with Gasteiger partial charge in [0.1, 0.15) is 18.2 Å². The fourth-order valence-electron chi connectivity index (χ4n) is 1.82. The van der Waals surface area contributed by atoms with Crippen molar-refractivity contribution in [2.45, 2.75) is 19.5 Å². The minimum atomic E-state index is 0.129. The van der Waals surface area contributed by atoms with Gasteiger partial charge in [-0.1, -0.05) is 21.9 Å². The highest BCUT2D eigenvalue weighted by Gasteiger charge is 2.09. The van der Waals surface area contributed by atoms with Crippen LogP contribution >= 0.6 is 15.9 Å². The summed E-state index contributed by atoms with van der Waals surface area (Å²) in [5, 5.41) is 3.40. The molecule has 2 aromatic rings. The molecule has 0 radical (unpaired) electrons. The maximum atomic E-state index is 5.54. The Kier molecular flexibility index (Phi) is 5.22. The Labute approximate surface area is 127 Å². The summed E-state index contributed by atoms with van der Waals surface area (Å²) in [6.45, 7) is 2.99. The second kappa shape index (κ2) is 7.13. The highest BCUT2D eigenvalue weighted by molar-refractivity contribution is 9.10. The highest BCUT2D eigenvalue weighted by Crippen LogP contribution is 2.23. The van der Waals surface area contributed by atoms with Gasteiger partial charge < -0.3 is 15.0 Å². The van der Waals surface area contributed by atoms with Crippen molar-refractivity contribution < 1.29 is 4.74 Å². The molecule has 1 atom stereocenters. The molecule has 0 aliphatic rings. The van der Waals surface area contributed by atoms with Crippen molar-refractivity contribution in [3.05, 3.63) is 46.5 Å². The Hall–Kier alpha value is -1.77. The van der Waals surface area contributed by atoms with Crippen LogP contribution in [0.2, 0.25) is 0 Å². The van der Waals surface area contributed by atoms with Crippen molar-refractivity contribution in [2.75, 3.05) is 6.61 Å². The molecule has 1 heterocycles. The molecule has 4 nitrogen and oxygen atoms in total. The first-order chi connectivity index (χ1) is 9.70. The van der Waals surface area contributed by atoms with E-state index in [0.717, 1.165) is 21.6 Å². The molecule has 0 spiro atoms. The molecule has 2 N–H and O–H groups in total. The van der Waals surface area contributed by atoms with Gasteiger partial charge in [0.2, 0.25) is 0 Å². The quantitative estimate of drug-likeness (QED) is 0.799. The van der Waals surface area contributed by atoms with Crippen LogP contribution in [0.4, 0.5) is 0 Å². The SMILES string of the molecule is C#CCOc1ccc(Br)cc1CNC(C)c1ncc[nH]1. The molecule has 104 valence electrons. The van der Waals surface area contributed by atoms with E-state index in [4.69, 9.17) is 11.2 Å². The molecule has 2 rings (SSSR count). The van der Waals surface area contributed by atoms with Crippen LogP contribution in [0, 0.1) is 12.3 Å². The molecule has 0 aliphatic carbocycles. The Morgan fingerprint density at radius 2 is 2.40 bits per heavy atom. The first-order valence-electron chi connectivity index (χ1n) is 6.28. The highest BCUT2D eigenvalue weighted by atomic mass is 79.9. The van der Waals surface area contributed by atoms with Crippen LogP contribution in [0.15, 0.2) is 35.1 Å². The number of hydrogen-bond acceptors (Lipinski definition) is 3. The van der Waals surface area contributed by atoms with Crippen molar-refractivity contribution in [1.82, 2.24) is 15.3 Å². The third-order valence-corrected chi connectivity index (χ3v) is 3.36. The molecule has 20 heavy (non-hydrogen) atoms. The Morgan fingerprint density at radius 3 is 3.10 bits per heavy atom. The first-order valence-corrected chi connectivity index (χ1v) is 7.07. The Bertz CT molecular complexity index is 590. The zero-order chi connectivity index (χ0) is 14.4. The van der Waals surface area contributed by atoms with E-state index < -0.39 is 0 Å². The summed E-state index contributed by atoms with van der Waals surface area (Å²) in [6, 6.07) is 6.00. The van der Waals surface area contributed by atoms with Crippen LogP contribution in [-0.4, -0.2) is 16.6 Å². The number of aromatic amines is 1. The van der Waals surface area contributed by atoms with E-state index in [2.05, 4.69) is 44.1 Å². The summed E-state index contributed by atoms with van der Waals surface area (Å²) in [6.07, 6.45) is 8.79. The summed E-state index contributed by atoms with van der Waals surface area (Å²) >= 11 is 3.47. The summed E-state index contributed by atoms with van der Waals surface area (Å²) in [7, 11) is 0. The van der Waals surface area contributed by atoms with E-state index in [1.54, 1.807) is 6.20 Å². The third-order valence-electron chi connectivity index (χ3n) is 2.86. The number of nitrogens with one attached hydrogen (secondary N) is 2. The van der Waals surface area contributed by atoms with Gasteiger partial charge in [-0.15, -0.1) is 6.42 Å². The Morgan fingerprint density at radius 1 is 1.55 bits per heavy atom. The summed E-state index contributed by atoms with van der Waals surface area (Å²) < 4.78 is 6.55. The zero-order valence-electron chi connectivity index (χ0n) is 11.2. The van der Waals surface area contributed by atoms with Crippen LogP contribution in [0.25, 0.3) is 0 Å². The number of rotatable bonds is 6. The number of terminal acetylenes is 1. The molecule has 1 aromatic heterocycles. The van der Waals surface area contributed by atoms with E-state index >= 15 is 0 Å². The minimum Gasteiger partial charge on any atom is -0.481 e. The largest absolute Gasteiger partial charge is 0.481 e. The number of hydrogen-bond donors (Lipinski definition) is 2. The van der Waals surface area contributed by atoms with Gasteiger partial charge in [-0.2, -0.15) is 0 Å². The standard InChI is InChI=1S/C15H16BrN3O/c1-3-8-20-14-5-4-13(16)9-12(14)10-19-11(2)15-17-6-7-18-15/h1,4-7,9,11,19H,8,10H2,2H3,(H,17,18). The predicted octanol–water partition coefficient (Wildman–Crippen LogP) is 3.04. The van der Waals surface area contributed by atoms with Gasteiger partial charge in [0.05, 0.1) is 6.04 Å². The van der Waals surface area contributed by atoms with Gasteiger partial charge in [0.15, 0.2) is 0 Å². The molecule has 1 unspecified atom stereocenters. The van der Waals surface area contributed by atoms with Crippen LogP contribution in [0.1, 0.15) is 24.4 Å². The van der Waals surface area contributed by atoms with Gasteiger partial charge in [0, 0.05) is 29.0 Å². The number of nitrogens with zero attached hydrogens (tertiary/aromatic N) is 1. The molecule has 0 bridgehead atoms. The molecule has 0 amide bonds. The number of halogens is 1. The van der Waals surface area contributed by atoms with Crippen LogP contribution in [-0.2, 0) is 6.54 Å². The van der Waals surface area contributed by atoms with Crippen molar-refractivity contribution in [3.8, 4) is 18.1 Å². The Balaban J connectivity index is 2.04. The van der Waals surface area contributed by atoms with Crippen LogP contribution < -0.4 is 10.1 Å². The lowest BCUT2D eigenvalue weighted by Crippen LogP contribution is -2.19. The van der Waals surface area contributed by atoms with Crippen molar-refractivity contribution in [1.29, 1.82) is 0 Å². The van der Waals surface area contributed by atoms with E-state index in [9.17, 15) is 0 Å². The number of ether oxygens (including phenoxy) is 1. The van der Waals surface area contributed by atoms with Gasteiger partial charge >= 0.3 is 0 Å². The molecule has 5 heteroatoms. The lowest BCUT2D eigenvalue weighted by Gasteiger charge is -2.14. The fourth-order valence-corrected chi connectivity index (χ4v) is 2.23. The summed E-state index contributed by atoms with van der Waals surface area (Å²) in [5.74, 6) is 4.18. The van der Waals surface area contributed by atoms with Gasteiger partial charge in [0.25, 0.3) is 0 Å². The van der Waals surface area contributed by atoms with Crippen LogP contribution in [0.5, 0.6) is 5.75 Å². The molecule has 0 fully saturated rings. The maximum absolute atomic E-state index is 5.54. The molecular weight excluding hydrogens is 318 g/mol. The lowest BCUT2D eigenvalue weighted by molar-refractivity contribution is 0.363.